The molecule has 2 aromatic rings. The van der Waals surface area contributed by atoms with Crippen LogP contribution in [0.15, 0.2) is 52.4 Å². The van der Waals surface area contributed by atoms with Crippen molar-refractivity contribution in [1.82, 2.24) is 5.32 Å². The molecule has 1 heterocycles. The first-order valence-electron chi connectivity index (χ1n) is 7.52. The number of aliphatic imine (C=N–C) groups is 1. The quantitative estimate of drug-likeness (QED) is 0.719. The number of ether oxygens (including phenoxy) is 1. The third-order valence-corrected chi connectivity index (χ3v) is 4.66. The van der Waals surface area contributed by atoms with Crippen molar-refractivity contribution in [3.8, 4) is 5.75 Å². The summed E-state index contributed by atoms with van der Waals surface area (Å²) in [4.78, 5) is 17.1. The second kappa shape index (κ2) is 7.95. The number of halogens is 2. The molecule has 0 atom stereocenters. The molecule has 0 saturated carbocycles. The van der Waals surface area contributed by atoms with E-state index < -0.39 is 0 Å². The Labute approximate surface area is 159 Å². The highest BCUT2D eigenvalue weighted by Gasteiger charge is 2.24. The highest BCUT2D eigenvalue weighted by atomic mass is 35.5. The second-order valence-electron chi connectivity index (χ2n) is 5.07. The van der Waals surface area contributed by atoms with Gasteiger partial charge in [0.2, 0.25) is 0 Å². The molecule has 3 rings (SSSR count). The number of hydrogen-bond donors (Lipinski definition) is 1. The van der Waals surface area contributed by atoms with Crippen molar-refractivity contribution in [1.29, 1.82) is 0 Å². The van der Waals surface area contributed by atoms with E-state index in [1.807, 2.05) is 6.92 Å². The number of amides is 1. The Bertz CT molecular complexity index is 864. The zero-order valence-corrected chi connectivity index (χ0v) is 15.6. The van der Waals surface area contributed by atoms with Gasteiger partial charge in [-0.3, -0.25) is 4.79 Å². The first kappa shape index (κ1) is 17.9. The molecule has 25 heavy (non-hydrogen) atoms. The molecule has 2 aromatic carbocycles. The minimum atomic E-state index is -0.208. The van der Waals surface area contributed by atoms with Crippen molar-refractivity contribution in [3.05, 3.63) is 63.0 Å². The summed E-state index contributed by atoms with van der Waals surface area (Å²) in [5.74, 6) is 0.469. The van der Waals surface area contributed by atoms with Gasteiger partial charge in [0.1, 0.15) is 5.75 Å². The predicted molar refractivity (Wildman–Crippen MR) is 105 cm³/mol. The number of hydrogen-bond acceptors (Lipinski definition) is 4. The van der Waals surface area contributed by atoms with Gasteiger partial charge < -0.3 is 10.1 Å². The fourth-order valence-corrected chi connectivity index (χ4v) is 3.31. The van der Waals surface area contributed by atoms with Gasteiger partial charge in [0.25, 0.3) is 5.91 Å². The summed E-state index contributed by atoms with van der Waals surface area (Å²) in [5, 5.41) is 4.48. The van der Waals surface area contributed by atoms with Gasteiger partial charge in [0, 0.05) is 15.6 Å². The molecule has 7 heteroatoms. The van der Waals surface area contributed by atoms with Gasteiger partial charge in [-0.25, -0.2) is 4.99 Å². The Kier molecular flexibility index (Phi) is 5.68. The van der Waals surface area contributed by atoms with Crippen molar-refractivity contribution < 1.29 is 9.53 Å². The Morgan fingerprint density at radius 3 is 2.60 bits per heavy atom. The first-order valence-corrected chi connectivity index (χ1v) is 9.10. The largest absolute Gasteiger partial charge is 0.493 e. The molecule has 1 aliphatic rings. The van der Waals surface area contributed by atoms with Crippen LogP contribution in [0.3, 0.4) is 0 Å². The molecule has 1 fully saturated rings. The molecule has 0 spiro atoms. The summed E-state index contributed by atoms with van der Waals surface area (Å²) in [6.07, 6.45) is 1.75. The summed E-state index contributed by atoms with van der Waals surface area (Å²) in [7, 11) is 0. The van der Waals surface area contributed by atoms with Crippen molar-refractivity contribution in [2.45, 2.75) is 6.92 Å². The number of carbonyl (C=O) groups excluding carboxylic acids is 1. The van der Waals surface area contributed by atoms with Crippen LogP contribution in [0.25, 0.3) is 6.08 Å². The van der Waals surface area contributed by atoms with E-state index in [1.54, 1.807) is 48.5 Å². The smallest absolute Gasteiger partial charge is 0.264 e. The first-order chi connectivity index (χ1) is 12.0. The molecular formula is C18H14Cl2N2O2S. The van der Waals surface area contributed by atoms with E-state index in [0.29, 0.717) is 38.2 Å². The van der Waals surface area contributed by atoms with E-state index in [9.17, 15) is 4.79 Å². The van der Waals surface area contributed by atoms with Crippen LogP contribution < -0.4 is 10.1 Å². The monoisotopic (exact) mass is 392 g/mol. The summed E-state index contributed by atoms with van der Waals surface area (Å²) >= 11 is 13.2. The number of amidine groups is 1. The van der Waals surface area contributed by atoms with Crippen molar-refractivity contribution >= 4 is 57.8 Å². The van der Waals surface area contributed by atoms with Crippen LogP contribution in [0.5, 0.6) is 5.75 Å². The summed E-state index contributed by atoms with van der Waals surface area (Å²) in [5.41, 5.74) is 1.46. The maximum atomic E-state index is 12.2. The highest BCUT2D eigenvalue weighted by molar-refractivity contribution is 8.18. The number of benzene rings is 2. The van der Waals surface area contributed by atoms with E-state index >= 15 is 0 Å². The lowest BCUT2D eigenvalue weighted by molar-refractivity contribution is -0.115. The van der Waals surface area contributed by atoms with Crippen molar-refractivity contribution in [2.24, 2.45) is 4.99 Å². The average molecular weight is 393 g/mol. The predicted octanol–water partition coefficient (Wildman–Crippen LogP) is 5.28. The topological polar surface area (TPSA) is 50.7 Å². The molecule has 1 amide bonds. The van der Waals surface area contributed by atoms with Crippen LogP contribution in [0.4, 0.5) is 5.69 Å². The van der Waals surface area contributed by atoms with E-state index in [1.165, 1.54) is 11.8 Å². The molecule has 1 aliphatic heterocycles. The SMILES string of the molecule is CCOc1ccc(Cl)cc1/C=C1\SC(=Nc2ccc(Cl)cc2)NC1=O. The third kappa shape index (κ3) is 4.57. The maximum Gasteiger partial charge on any atom is 0.264 e. The summed E-state index contributed by atoms with van der Waals surface area (Å²) in [6, 6.07) is 12.4. The van der Waals surface area contributed by atoms with Crippen LogP contribution >= 0.6 is 35.0 Å². The minimum Gasteiger partial charge on any atom is -0.493 e. The van der Waals surface area contributed by atoms with Gasteiger partial charge in [0.05, 0.1) is 17.2 Å². The standard InChI is InChI=1S/C18H14Cl2N2O2S/c1-2-24-15-8-5-13(20)9-11(15)10-16-17(23)22-18(25-16)21-14-6-3-12(19)4-7-14/h3-10H,2H2,1H3,(H,21,22,23)/b16-10-. The van der Waals surface area contributed by atoms with Crippen LogP contribution in [0.1, 0.15) is 12.5 Å². The Balaban J connectivity index is 1.86. The zero-order valence-electron chi connectivity index (χ0n) is 13.3. The normalized spacial score (nSPS) is 17.2. The minimum absolute atomic E-state index is 0.208. The van der Waals surface area contributed by atoms with E-state index in [4.69, 9.17) is 27.9 Å². The summed E-state index contributed by atoms with van der Waals surface area (Å²) in [6.45, 7) is 2.43. The third-order valence-electron chi connectivity index (χ3n) is 3.27. The molecule has 0 radical (unpaired) electrons. The van der Waals surface area contributed by atoms with E-state index in [0.717, 1.165) is 5.56 Å². The van der Waals surface area contributed by atoms with Crippen molar-refractivity contribution in [3.63, 3.8) is 0 Å². The summed E-state index contributed by atoms with van der Waals surface area (Å²) < 4.78 is 5.58. The molecule has 0 aromatic heterocycles. The van der Waals surface area contributed by atoms with Gasteiger partial charge in [-0.1, -0.05) is 23.2 Å². The van der Waals surface area contributed by atoms with Crippen LogP contribution in [0, 0.1) is 0 Å². The van der Waals surface area contributed by atoms with Crippen LogP contribution in [-0.2, 0) is 4.79 Å². The second-order valence-corrected chi connectivity index (χ2v) is 6.98. The number of thioether (sulfide) groups is 1. The lowest BCUT2D eigenvalue weighted by Gasteiger charge is -2.07. The zero-order chi connectivity index (χ0) is 17.8. The lowest BCUT2D eigenvalue weighted by atomic mass is 10.2. The number of nitrogens with zero attached hydrogens (tertiary/aromatic N) is 1. The highest BCUT2D eigenvalue weighted by Crippen LogP contribution is 2.32. The number of carbonyl (C=O) groups is 1. The van der Waals surface area contributed by atoms with Gasteiger partial charge in [-0.15, -0.1) is 0 Å². The van der Waals surface area contributed by atoms with Gasteiger partial charge in [-0.2, -0.15) is 0 Å². The van der Waals surface area contributed by atoms with Gasteiger partial charge in [0.15, 0.2) is 5.17 Å². The maximum absolute atomic E-state index is 12.2. The molecule has 0 aliphatic carbocycles. The van der Waals surface area contributed by atoms with E-state index in [2.05, 4.69) is 10.3 Å². The van der Waals surface area contributed by atoms with Crippen molar-refractivity contribution in [2.75, 3.05) is 6.61 Å². The molecule has 0 bridgehead atoms. The van der Waals surface area contributed by atoms with Gasteiger partial charge >= 0.3 is 0 Å². The lowest BCUT2D eigenvalue weighted by Crippen LogP contribution is -2.19. The molecule has 0 unspecified atom stereocenters. The van der Waals surface area contributed by atoms with Crippen LogP contribution in [0.2, 0.25) is 10.0 Å². The molecule has 128 valence electrons. The molecule has 1 saturated heterocycles. The fourth-order valence-electron chi connectivity index (χ4n) is 2.17. The van der Waals surface area contributed by atoms with Gasteiger partial charge in [-0.05, 0) is 67.2 Å². The fraction of sp³-hybridized carbons (Fsp3) is 0.111. The Morgan fingerprint density at radius 1 is 1.16 bits per heavy atom. The molecular weight excluding hydrogens is 379 g/mol. The molecule has 4 nitrogen and oxygen atoms in total. The Hall–Kier alpha value is -1.95. The molecule has 1 N–H and O–H groups in total. The van der Waals surface area contributed by atoms with E-state index in [-0.39, 0.29) is 5.91 Å². The van der Waals surface area contributed by atoms with Crippen LogP contribution in [-0.4, -0.2) is 17.7 Å². The Morgan fingerprint density at radius 2 is 1.88 bits per heavy atom. The number of rotatable bonds is 4. The average Bonchev–Trinajstić information content (AvgIpc) is 2.92. The number of nitrogens with one attached hydrogen (secondary N) is 1.